The van der Waals surface area contributed by atoms with Gasteiger partial charge in [-0.1, -0.05) is 115 Å². The van der Waals surface area contributed by atoms with Gasteiger partial charge in [0.05, 0.1) is 0 Å². The fourth-order valence-corrected chi connectivity index (χ4v) is 6.65. The maximum atomic E-state index is 6.22. The molecule has 0 unspecified atom stereocenters. The van der Waals surface area contributed by atoms with E-state index in [0.717, 1.165) is 21.9 Å². The van der Waals surface area contributed by atoms with Crippen molar-refractivity contribution >= 4 is 54.3 Å². The largest absolute Gasteiger partial charge is 0.456 e. The number of fused-ring (bicyclic) bond motifs is 7. The van der Waals surface area contributed by atoms with Crippen molar-refractivity contribution in [3.63, 3.8) is 0 Å². The molecule has 0 aliphatic carbocycles. The summed E-state index contributed by atoms with van der Waals surface area (Å²) in [6.07, 6.45) is 0. The van der Waals surface area contributed by atoms with Gasteiger partial charge in [0.15, 0.2) is 0 Å². The number of benzene rings is 8. The monoisotopic (exact) mass is 546 g/mol. The van der Waals surface area contributed by atoms with Gasteiger partial charge in [0.1, 0.15) is 11.2 Å². The summed E-state index contributed by atoms with van der Waals surface area (Å²) in [5.41, 5.74) is 9.13. The summed E-state index contributed by atoms with van der Waals surface area (Å²) in [5.74, 6) is 0. The number of hydrogen-bond donors (Lipinski definition) is 0. The molecular formula is C42H26O. The van der Waals surface area contributed by atoms with Crippen LogP contribution in [0.15, 0.2) is 162 Å². The second-order valence-corrected chi connectivity index (χ2v) is 11.4. The summed E-state index contributed by atoms with van der Waals surface area (Å²) in [6.45, 7) is 0. The van der Waals surface area contributed by atoms with Gasteiger partial charge in [0.2, 0.25) is 0 Å². The van der Waals surface area contributed by atoms with Crippen molar-refractivity contribution in [3.05, 3.63) is 158 Å². The van der Waals surface area contributed by atoms with Gasteiger partial charge in [-0.15, -0.1) is 0 Å². The molecule has 0 bridgehead atoms. The zero-order chi connectivity index (χ0) is 28.3. The Hall–Kier alpha value is -5.66. The lowest BCUT2D eigenvalue weighted by molar-refractivity contribution is 0.669. The van der Waals surface area contributed by atoms with E-state index >= 15 is 0 Å². The zero-order valence-electron chi connectivity index (χ0n) is 23.4. The van der Waals surface area contributed by atoms with Gasteiger partial charge in [-0.2, -0.15) is 0 Å². The molecule has 43 heavy (non-hydrogen) atoms. The van der Waals surface area contributed by atoms with E-state index in [0.29, 0.717) is 0 Å². The Morgan fingerprint density at radius 2 is 0.814 bits per heavy atom. The molecule has 0 aliphatic heterocycles. The molecule has 0 N–H and O–H groups in total. The topological polar surface area (TPSA) is 13.1 Å². The Labute approximate surface area is 249 Å². The Kier molecular flexibility index (Phi) is 5.27. The van der Waals surface area contributed by atoms with Crippen LogP contribution in [0.2, 0.25) is 0 Å². The first-order valence-electron chi connectivity index (χ1n) is 14.8. The first-order valence-corrected chi connectivity index (χ1v) is 14.8. The molecule has 0 aliphatic rings. The van der Waals surface area contributed by atoms with Crippen LogP contribution in [0.1, 0.15) is 0 Å². The second-order valence-electron chi connectivity index (χ2n) is 11.4. The fourth-order valence-electron chi connectivity index (χ4n) is 6.65. The van der Waals surface area contributed by atoms with Crippen molar-refractivity contribution in [1.29, 1.82) is 0 Å². The van der Waals surface area contributed by atoms with Crippen LogP contribution in [0.25, 0.3) is 87.6 Å². The summed E-state index contributed by atoms with van der Waals surface area (Å²) < 4.78 is 6.22. The molecule has 0 fully saturated rings. The minimum absolute atomic E-state index is 0.914. The molecule has 8 aromatic carbocycles. The Balaban J connectivity index is 1.14. The highest BCUT2D eigenvalue weighted by molar-refractivity contribution is 6.14. The highest BCUT2D eigenvalue weighted by Crippen LogP contribution is 2.38. The van der Waals surface area contributed by atoms with Gasteiger partial charge in [-0.3, -0.25) is 0 Å². The first-order chi connectivity index (χ1) is 21.3. The predicted octanol–water partition coefficient (Wildman–Crippen LogP) is 12.0. The van der Waals surface area contributed by atoms with E-state index in [1.54, 1.807) is 0 Å². The molecule has 1 aromatic heterocycles. The standard InChI is InChI=1S/C42H26O/c1-2-8-27(9-3-1)31-18-20-41-39(24-31)40-25-32(19-21-42(40)43-41)29-14-15-30-23-34(17-16-28(30)22-29)38-26-33-10-4-5-11-35(33)36-12-6-7-13-37(36)38/h1-26H. The fraction of sp³-hybridized carbons (Fsp3) is 0. The molecule has 0 spiro atoms. The van der Waals surface area contributed by atoms with E-state index in [1.165, 1.54) is 65.7 Å². The van der Waals surface area contributed by atoms with Gasteiger partial charge in [0.25, 0.3) is 0 Å². The van der Waals surface area contributed by atoms with Crippen molar-refractivity contribution in [2.45, 2.75) is 0 Å². The van der Waals surface area contributed by atoms with E-state index in [1.807, 2.05) is 0 Å². The van der Waals surface area contributed by atoms with Crippen molar-refractivity contribution in [1.82, 2.24) is 0 Å². The quantitative estimate of drug-likeness (QED) is 0.201. The van der Waals surface area contributed by atoms with E-state index in [4.69, 9.17) is 4.42 Å². The highest BCUT2D eigenvalue weighted by Gasteiger charge is 2.12. The van der Waals surface area contributed by atoms with Crippen molar-refractivity contribution in [3.8, 4) is 33.4 Å². The van der Waals surface area contributed by atoms with Crippen LogP contribution in [0.4, 0.5) is 0 Å². The molecule has 0 radical (unpaired) electrons. The molecule has 200 valence electrons. The molecule has 1 heteroatoms. The summed E-state index contributed by atoms with van der Waals surface area (Å²) in [7, 11) is 0. The van der Waals surface area contributed by atoms with E-state index < -0.39 is 0 Å². The third kappa shape index (κ3) is 3.94. The molecule has 0 amide bonds. The molecule has 1 nitrogen and oxygen atoms in total. The smallest absolute Gasteiger partial charge is 0.135 e. The molecule has 1 heterocycles. The average molecular weight is 547 g/mol. The van der Waals surface area contributed by atoms with E-state index in [2.05, 4.69) is 158 Å². The van der Waals surface area contributed by atoms with Gasteiger partial charge >= 0.3 is 0 Å². The normalized spacial score (nSPS) is 11.7. The Morgan fingerprint density at radius 1 is 0.279 bits per heavy atom. The van der Waals surface area contributed by atoms with Crippen molar-refractivity contribution in [2.24, 2.45) is 0 Å². The molecule has 9 rings (SSSR count). The molecule has 9 aromatic rings. The Bertz CT molecular complexity index is 2500. The zero-order valence-corrected chi connectivity index (χ0v) is 23.4. The van der Waals surface area contributed by atoms with Gasteiger partial charge in [0, 0.05) is 10.8 Å². The first kappa shape index (κ1) is 24.0. The van der Waals surface area contributed by atoms with Crippen molar-refractivity contribution < 1.29 is 4.42 Å². The van der Waals surface area contributed by atoms with E-state index in [-0.39, 0.29) is 0 Å². The third-order valence-electron chi connectivity index (χ3n) is 8.83. The lowest BCUT2D eigenvalue weighted by atomic mass is 9.92. The molecular weight excluding hydrogens is 520 g/mol. The van der Waals surface area contributed by atoms with Crippen molar-refractivity contribution in [2.75, 3.05) is 0 Å². The summed E-state index contributed by atoms with van der Waals surface area (Å²) in [4.78, 5) is 0. The second kappa shape index (κ2) is 9.44. The van der Waals surface area contributed by atoms with Gasteiger partial charge < -0.3 is 4.42 Å². The van der Waals surface area contributed by atoms with Crippen LogP contribution in [-0.2, 0) is 0 Å². The molecule has 0 atom stereocenters. The highest BCUT2D eigenvalue weighted by atomic mass is 16.3. The van der Waals surface area contributed by atoms with Crippen LogP contribution < -0.4 is 0 Å². The maximum Gasteiger partial charge on any atom is 0.135 e. The summed E-state index contributed by atoms with van der Waals surface area (Å²) >= 11 is 0. The van der Waals surface area contributed by atoms with E-state index in [9.17, 15) is 0 Å². The van der Waals surface area contributed by atoms with Crippen LogP contribution >= 0.6 is 0 Å². The van der Waals surface area contributed by atoms with Gasteiger partial charge in [-0.25, -0.2) is 0 Å². The SMILES string of the molecule is c1ccc(-c2ccc3oc4ccc(-c5ccc6cc(-c7cc8ccccc8c8ccccc78)ccc6c5)cc4c3c2)cc1. The third-order valence-corrected chi connectivity index (χ3v) is 8.83. The van der Waals surface area contributed by atoms with Crippen LogP contribution in [-0.4, -0.2) is 0 Å². The lowest BCUT2D eigenvalue weighted by Gasteiger charge is -2.12. The number of rotatable bonds is 3. The molecule has 0 saturated carbocycles. The maximum absolute atomic E-state index is 6.22. The van der Waals surface area contributed by atoms with Crippen LogP contribution in [0.3, 0.4) is 0 Å². The average Bonchev–Trinajstić information content (AvgIpc) is 3.45. The predicted molar refractivity (Wildman–Crippen MR) is 183 cm³/mol. The summed E-state index contributed by atoms with van der Waals surface area (Å²) in [5, 5.41) is 9.90. The minimum atomic E-state index is 0.914. The van der Waals surface area contributed by atoms with Crippen LogP contribution in [0, 0.1) is 0 Å². The summed E-state index contributed by atoms with van der Waals surface area (Å²) in [6, 6.07) is 56.9. The number of hydrogen-bond acceptors (Lipinski definition) is 1. The van der Waals surface area contributed by atoms with Gasteiger partial charge in [-0.05, 0) is 108 Å². The molecule has 0 saturated heterocycles. The minimum Gasteiger partial charge on any atom is -0.456 e. The lowest BCUT2D eigenvalue weighted by Crippen LogP contribution is -1.85. The number of furan rings is 1. The van der Waals surface area contributed by atoms with Crippen LogP contribution in [0.5, 0.6) is 0 Å². The Morgan fingerprint density at radius 3 is 1.56 bits per heavy atom.